The molecule has 0 bridgehead atoms. The minimum absolute atomic E-state index is 0.0310. The monoisotopic (exact) mass is 336 g/mol. The number of anilines is 1. The van der Waals surface area contributed by atoms with Crippen LogP contribution in [0.1, 0.15) is 35.3 Å². The summed E-state index contributed by atoms with van der Waals surface area (Å²) in [6.07, 6.45) is 0.976. The molecule has 1 saturated heterocycles. The molecule has 4 heteroatoms. The van der Waals surface area contributed by atoms with Crippen molar-refractivity contribution in [2.45, 2.75) is 33.2 Å². The molecule has 1 fully saturated rings. The average molecular weight is 336 g/mol. The highest BCUT2D eigenvalue weighted by Gasteiger charge is 2.35. The van der Waals surface area contributed by atoms with Gasteiger partial charge < -0.3 is 9.80 Å². The first-order chi connectivity index (χ1) is 12.0. The van der Waals surface area contributed by atoms with Gasteiger partial charge in [-0.2, -0.15) is 0 Å². The Morgan fingerprint density at radius 1 is 1.12 bits per heavy atom. The molecule has 1 heterocycles. The second-order valence-corrected chi connectivity index (χ2v) is 6.55. The third-order valence-corrected chi connectivity index (χ3v) is 4.84. The normalized spacial score (nSPS) is 17.7. The summed E-state index contributed by atoms with van der Waals surface area (Å²) in [5.41, 5.74) is 3.83. The van der Waals surface area contributed by atoms with Crippen LogP contribution in [0.15, 0.2) is 48.5 Å². The van der Waals surface area contributed by atoms with Crippen LogP contribution in [0.4, 0.5) is 5.69 Å². The van der Waals surface area contributed by atoms with Crippen molar-refractivity contribution in [3.05, 3.63) is 65.2 Å². The first kappa shape index (κ1) is 17.2. The standard InChI is InChI=1S/C21H24N2O2/c1-4-17-8-10-19(11-9-17)23-13-12-22(16(3)20(23)24)21(25)18-7-5-6-15(2)14-18/h5-11,14,16H,4,12-13H2,1-3H3/t16-/m0/s1. The van der Waals surface area contributed by atoms with Gasteiger partial charge in [0, 0.05) is 24.3 Å². The SMILES string of the molecule is CCc1ccc(N2CCN(C(=O)c3cccc(C)c3)[C@@H](C)C2=O)cc1. The number of hydrogen-bond acceptors (Lipinski definition) is 2. The molecular weight excluding hydrogens is 312 g/mol. The quantitative estimate of drug-likeness (QED) is 0.861. The van der Waals surface area contributed by atoms with Crippen molar-refractivity contribution in [2.24, 2.45) is 0 Å². The summed E-state index contributed by atoms with van der Waals surface area (Å²) < 4.78 is 0. The smallest absolute Gasteiger partial charge is 0.254 e. The predicted octanol–water partition coefficient (Wildman–Crippen LogP) is 3.43. The van der Waals surface area contributed by atoms with Gasteiger partial charge in [-0.05, 0) is 50.1 Å². The van der Waals surface area contributed by atoms with Crippen LogP contribution in [0, 0.1) is 6.92 Å². The molecule has 0 radical (unpaired) electrons. The largest absolute Gasteiger partial charge is 0.325 e. The molecule has 130 valence electrons. The van der Waals surface area contributed by atoms with Crippen LogP contribution >= 0.6 is 0 Å². The zero-order valence-corrected chi connectivity index (χ0v) is 15.0. The summed E-state index contributed by atoms with van der Waals surface area (Å²) in [6.45, 7) is 6.94. The Morgan fingerprint density at radius 2 is 1.84 bits per heavy atom. The van der Waals surface area contributed by atoms with E-state index in [2.05, 4.69) is 19.1 Å². The lowest BCUT2D eigenvalue weighted by Crippen LogP contribution is -2.57. The molecule has 0 spiro atoms. The number of hydrogen-bond donors (Lipinski definition) is 0. The zero-order valence-electron chi connectivity index (χ0n) is 15.0. The highest BCUT2D eigenvalue weighted by atomic mass is 16.2. The van der Waals surface area contributed by atoms with Crippen LogP contribution in [0.5, 0.6) is 0 Å². The fraction of sp³-hybridized carbons (Fsp3) is 0.333. The molecule has 2 aromatic rings. The Bertz CT molecular complexity index is 783. The van der Waals surface area contributed by atoms with Gasteiger partial charge in [-0.25, -0.2) is 0 Å². The van der Waals surface area contributed by atoms with E-state index in [9.17, 15) is 9.59 Å². The molecule has 0 unspecified atom stereocenters. The van der Waals surface area contributed by atoms with Gasteiger partial charge in [0.1, 0.15) is 6.04 Å². The number of aryl methyl sites for hydroxylation is 2. The summed E-state index contributed by atoms with van der Waals surface area (Å²) >= 11 is 0. The van der Waals surface area contributed by atoms with Crippen LogP contribution in [-0.4, -0.2) is 35.8 Å². The number of carbonyl (C=O) groups is 2. The van der Waals surface area contributed by atoms with E-state index >= 15 is 0 Å². The van der Waals surface area contributed by atoms with Gasteiger partial charge >= 0.3 is 0 Å². The van der Waals surface area contributed by atoms with Crippen molar-refractivity contribution in [1.82, 2.24) is 4.90 Å². The molecule has 25 heavy (non-hydrogen) atoms. The molecule has 2 amide bonds. The molecule has 1 aliphatic rings. The maximum atomic E-state index is 12.8. The molecule has 0 aliphatic carbocycles. The lowest BCUT2D eigenvalue weighted by molar-refractivity contribution is -0.124. The second kappa shape index (κ2) is 7.09. The van der Waals surface area contributed by atoms with Gasteiger partial charge in [-0.15, -0.1) is 0 Å². The van der Waals surface area contributed by atoms with Crippen LogP contribution in [0.25, 0.3) is 0 Å². The Kier molecular flexibility index (Phi) is 4.88. The fourth-order valence-corrected chi connectivity index (χ4v) is 3.26. The van der Waals surface area contributed by atoms with Crippen LogP contribution < -0.4 is 4.90 Å². The van der Waals surface area contributed by atoms with E-state index < -0.39 is 6.04 Å². The Hall–Kier alpha value is -2.62. The van der Waals surface area contributed by atoms with E-state index in [-0.39, 0.29) is 11.8 Å². The minimum atomic E-state index is -0.465. The summed E-state index contributed by atoms with van der Waals surface area (Å²) in [5.74, 6) is -0.109. The lowest BCUT2D eigenvalue weighted by atomic mass is 10.1. The molecule has 0 N–H and O–H groups in total. The van der Waals surface area contributed by atoms with Crippen molar-refractivity contribution in [2.75, 3.05) is 18.0 Å². The maximum Gasteiger partial charge on any atom is 0.254 e. The van der Waals surface area contributed by atoms with Gasteiger partial charge in [0.2, 0.25) is 5.91 Å². The Labute approximate surface area is 149 Å². The summed E-state index contributed by atoms with van der Waals surface area (Å²) in [4.78, 5) is 29.1. The second-order valence-electron chi connectivity index (χ2n) is 6.55. The Morgan fingerprint density at radius 3 is 2.48 bits per heavy atom. The van der Waals surface area contributed by atoms with E-state index in [1.54, 1.807) is 9.80 Å². The molecule has 0 aromatic heterocycles. The highest BCUT2D eigenvalue weighted by Crippen LogP contribution is 2.22. The van der Waals surface area contributed by atoms with Gasteiger partial charge in [0.15, 0.2) is 0 Å². The Balaban J connectivity index is 1.77. The van der Waals surface area contributed by atoms with Crippen LogP contribution in [0.3, 0.4) is 0 Å². The molecule has 4 nitrogen and oxygen atoms in total. The third-order valence-electron chi connectivity index (χ3n) is 4.84. The zero-order chi connectivity index (χ0) is 18.0. The molecule has 1 atom stereocenters. The number of benzene rings is 2. The van der Waals surface area contributed by atoms with Crippen LogP contribution in [0.2, 0.25) is 0 Å². The molecule has 1 aliphatic heterocycles. The van der Waals surface area contributed by atoms with E-state index in [1.807, 2.05) is 50.2 Å². The van der Waals surface area contributed by atoms with Gasteiger partial charge in [-0.1, -0.05) is 36.8 Å². The van der Waals surface area contributed by atoms with E-state index in [0.29, 0.717) is 18.7 Å². The fourth-order valence-electron chi connectivity index (χ4n) is 3.26. The number of rotatable bonds is 3. The van der Waals surface area contributed by atoms with Gasteiger partial charge in [0.05, 0.1) is 0 Å². The predicted molar refractivity (Wildman–Crippen MR) is 99.9 cm³/mol. The van der Waals surface area contributed by atoms with E-state index in [0.717, 1.165) is 17.7 Å². The van der Waals surface area contributed by atoms with Crippen molar-refractivity contribution in [3.63, 3.8) is 0 Å². The lowest BCUT2D eigenvalue weighted by Gasteiger charge is -2.39. The van der Waals surface area contributed by atoms with Crippen LogP contribution in [-0.2, 0) is 11.2 Å². The molecule has 3 rings (SSSR count). The first-order valence-corrected chi connectivity index (χ1v) is 8.79. The van der Waals surface area contributed by atoms with E-state index in [4.69, 9.17) is 0 Å². The van der Waals surface area contributed by atoms with Crippen molar-refractivity contribution < 1.29 is 9.59 Å². The molecular formula is C21H24N2O2. The third kappa shape index (κ3) is 3.43. The maximum absolute atomic E-state index is 12.8. The number of nitrogens with zero attached hydrogens (tertiary/aromatic N) is 2. The average Bonchev–Trinajstić information content (AvgIpc) is 2.63. The summed E-state index contributed by atoms with van der Waals surface area (Å²) in [6, 6.07) is 15.1. The summed E-state index contributed by atoms with van der Waals surface area (Å²) in [5, 5.41) is 0. The van der Waals surface area contributed by atoms with E-state index in [1.165, 1.54) is 5.56 Å². The first-order valence-electron chi connectivity index (χ1n) is 8.79. The number of piperazine rings is 1. The summed E-state index contributed by atoms with van der Waals surface area (Å²) in [7, 11) is 0. The van der Waals surface area contributed by atoms with Crippen molar-refractivity contribution >= 4 is 17.5 Å². The van der Waals surface area contributed by atoms with Gasteiger partial charge in [0.25, 0.3) is 5.91 Å². The number of carbonyl (C=O) groups excluding carboxylic acids is 2. The minimum Gasteiger partial charge on any atom is -0.325 e. The van der Waals surface area contributed by atoms with Gasteiger partial charge in [-0.3, -0.25) is 9.59 Å². The highest BCUT2D eigenvalue weighted by molar-refractivity contribution is 6.03. The molecule has 0 saturated carbocycles. The molecule has 2 aromatic carbocycles. The topological polar surface area (TPSA) is 40.6 Å². The van der Waals surface area contributed by atoms with Crippen molar-refractivity contribution in [3.8, 4) is 0 Å². The number of amides is 2. The van der Waals surface area contributed by atoms with Crippen molar-refractivity contribution in [1.29, 1.82) is 0 Å².